The molecule has 136 valence electrons. The number of nitrogens with zero attached hydrogens (tertiary/aromatic N) is 4. The molecule has 0 unspecified atom stereocenters. The summed E-state index contributed by atoms with van der Waals surface area (Å²) in [7, 11) is 0. The van der Waals surface area contributed by atoms with Gasteiger partial charge in [0.05, 0.1) is 17.5 Å². The van der Waals surface area contributed by atoms with Crippen LogP contribution in [0, 0.1) is 11.8 Å². The second-order valence-electron chi connectivity index (χ2n) is 7.04. The molecule has 2 amide bonds. The summed E-state index contributed by atoms with van der Waals surface area (Å²) in [6, 6.07) is 10.7. The molecule has 2 aromatic heterocycles. The first-order chi connectivity index (χ1) is 13.1. The summed E-state index contributed by atoms with van der Waals surface area (Å²) in [5.74, 6) is -0.825. The minimum atomic E-state index is -0.353. The number of fused-ring (bicyclic) bond motifs is 2. The van der Waals surface area contributed by atoms with E-state index in [9.17, 15) is 14.4 Å². The number of rotatable bonds is 2. The van der Waals surface area contributed by atoms with Crippen LogP contribution in [-0.2, 0) is 9.59 Å². The van der Waals surface area contributed by atoms with Gasteiger partial charge in [0, 0.05) is 11.6 Å². The zero-order valence-corrected chi connectivity index (χ0v) is 14.5. The summed E-state index contributed by atoms with van der Waals surface area (Å²) in [4.78, 5) is 47.7. The maximum Gasteiger partial charge on any atom is 0.274 e. The van der Waals surface area contributed by atoms with Crippen LogP contribution in [0.1, 0.15) is 25.7 Å². The van der Waals surface area contributed by atoms with Crippen molar-refractivity contribution in [3.63, 3.8) is 0 Å². The highest BCUT2D eigenvalue weighted by Crippen LogP contribution is 2.39. The number of H-pyrrole nitrogens is 1. The van der Waals surface area contributed by atoms with Crippen molar-refractivity contribution in [1.29, 1.82) is 0 Å². The van der Waals surface area contributed by atoms with E-state index in [1.807, 2.05) is 30.3 Å². The third-order valence-corrected chi connectivity index (χ3v) is 5.44. The van der Waals surface area contributed by atoms with Crippen LogP contribution >= 0.6 is 0 Å². The molecule has 2 fully saturated rings. The Kier molecular flexibility index (Phi) is 3.46. The Hall–Kier alpha value is -3.29. The zero-order valence-electron chi connectivity index (χ0n) is 14.5. The van der Waals surface area contributed by atoms with Crippen LogP contribution in [0.4, 0.5) is 5.95 Å². The molecule has 2 atom stereocenters. The number of aromatic amines is 1. The van der Waals surface area contributed by atoms with Crippen LogP contribution in [-0.4, -0.2) is 31.4 Å². The first kappa shape index (κ1) is 15.9. The highest BCUT2D eigenvalue weighted by atomic mass is 16.2. The SMILES string of the molecule is O=C1[C@@H]2CCCC[C@H]2C(=O)N1c1nc2nc(-c3ccccc3)cc(=O)n2[nH]1. The van der Waals surface area contributed by atoms with Gasteiger partial charge in [-0.25, -0.2) is 9.88 Å². The van der Waals surface area contributed by atoms with Gasteiger partial charge in [0.1, 0.15) is 0 Å². The van der Waals surface area contributed by atoms with Crippen molar-refractivity contribution in [2.45, 2.75) is 25.7 Å². The van der Waals surface area contributed by atoms with Crippen LogP contribution in [0.25, 0.3) is 17.0 Å². The third-order valence-electron chi connectivity index (χ3n) is 5.44. The topological polar surface area (TPSA) is 100 Å². The highest BCUT2D eigenvalue weighted by molar-refractivity contribution is 6.21. The molecule has 3 aromatic rings. The lowest BCUT2D eigenvalue weighted by molar-refractivity contribution is -0.122. The van der Waals surface area contributed by atoms with Crippen LogP contribution < -0.4 is 10.5 Å². The maximum atomic E-state index is 12.7. The summed E-state index contributed by atoms with van der Waals surface area (Å²) >= 11 is 0. The summed E-state index contributed by atoms with van der Waals surface area (Å²) in [5, 5.41) is 2.77. The first-order valence-electron chi connectivity index (χ1n) is 9.06. The fourth-order valence-electron chi connectivity index (χ4n) is 4.10. The van der Waals surface area contributed by atoms with E-state index < -0.39 is 0 Å². The third kappa shape index (κ3) is 2.40. The van der Waals surface area contributed by atoms with Crippen LogP contribution in [0.3, 0.4) is 0 Å². The summed E-state index contributed by atoms with van der Waals surface area (Å²) in [6.45, 7) is 0. The predicted molar refractivity (Wildman–Crippen MR) is 97.0 cm³/mol. The van der Waals surface area contributed by atoms with Crippen molar-refractivity contribution in [1.82, 2.24) is 19.6 Å². The molecule has 1 saturated carbocycles. The average molecular weight is 363 g/mol. The molecule has 0 bridgehead atoms. The van der Waals surface area contributed by atoms with Gasteiger partial charge < -0.3 is 0 Å². The average Bonchev–Trinajstić information content (AvgIpc) is 3.22. The highest BCUT2D eigenvalue weighted by Gasteiger charge is 2.49. The lowest BCUT2D eigenvalue weighted by Crippen LogP contribution is -2.32. The zero-order chi connectivity index (χ0) is 18.5. The number of carbonyl (C=O) groups is 2. The summed E-state index contributed by atoms with van der Waals surface area (Å²) in [6.07, 6.45) is 3.36. The molecule has 1 aromatic carbocycles. The van der Waals surface area contributed by atoms with E-state index >= 15 is 0 Å². The maximum absolute atomic E-state index is 12.7. The number of amides is 2. The molecule has 2 aliphatic rings. The van der Waals surface area contributed by atoms with E-state index in [0.29, 0.717) is 5.69 Å². The Bertz CT molecular complexity index is 1090. The fraction of sp³-hybridized carbons (Fsp3) is 0.316. The Morgan fingerprint density at radius 3 is 2.26 bits per heavy atom. The van der Waals surface area contributed by atoms with Crippen LogP contribution in [0.15, 0.2) is 41.2 Å². The van der Waals surface area contributed by atoms with E-state index in [-0.39, 0.29) is 40.9 Å². The Labute approximate surface area is 153 Å². The smallest absolute Gasteiger partial charge is 0.274 e. The standard InChI is InChI=1S/C19H17N5O3/c25-15-10-14(11-6-2-1-3-7-11)20-18-21-19(22-24(15)18)23-16(26)12-8-4-5-9-13(12)17(23)27/h1-3,6-7,10,12-13H,4-5,8-9H2,(H,20,21,22)/t12-,13-/m1/s1. The molecule has 1 aliphatic carbocycles. The Morgan fingerprint density at radius 2 is 1.59 bits per heavy atom. The van der Waals surface area contributed by atoms with Crippen molar-refractivity contribution in [3.8, 4) is 11.3 Å². The van der Waals surface area contributed by atoms with Gasteiger partial charge in [-0.05, 0) is 12.8 Å². The van der Waals surface area contributed by atoms with Gasteiger partial charge in [0.25, 0.3) is 11.3 Å². The molecule has 8 heteroatoms. The number of benzene rings is 1. The van der Waals surface area contributed by atoms with E-state index in [4.69, 9.17) is 0 Å². The van der Waals surface area contributed by atoms with Gasteiger partial charge in [0.2, 0.25) is 17.8 Å². The molecule has 1 N–H and O–H groups in total. The minimum Gasteiger partial charge on any atom is -0.274 e. The van der Waals surface area contributed by atoms with Crippen molar-refractivity contribution < 1.29 is 9.59 Å². The number of anilines is 1. The first-order valence-corrected chi connectivity index (χ1v) is 9.06. The van der Waals surface area contributed by atoms with Crippen LogP contribution in [0.2, 0.25) is 0 Å². The molecular weight excluding hydrogens is 346 g/mol. The van der Waals surface area contributed by atoms with Gasteiger partial charge in [-0.2, -0.15) is 9.50 Å². The normalized spacial score (nSPS) is 22.4. The van der Waals surface area contributed by atoms with Gasteiger partial charge in [-0.3, -0.25) is 19.5 Å². The molecule has 0 radical (unpaired) electrons. The van der Waals surface area contributed by atoms with Crippen molar-refractivity contribution in [2.24, 2.45) is 11.8 Å². The van der Waals surface area contributed by atoms with Gasteiger partial charge in [-0.15, -0.1) is 0 Å². The predicted octanol–water partition coefficient (Wildman–Crippen LogP) is 1.76. The molecule has 1 aliphatic heterocycles. The molecule has 8 nitrogen and oxygen atoms in total. The number of hydrogen-bond donors (Lipinski definition) is 1. The van der Waals surface area contributed by atoms with E-state index in [1.165, 1.54) is 6.07 Å². The second kappa shape index (κ2) is 5.87. The lowest BCUT2D eigenvalue weighted by atomic mass is 9.81. The number of nitrogens with one attached hydrogen (secondary N) is 1. The van der Waals surface area contributed by atoms with Crippen molar-refractivity contribution in [2.75, 3.05) is 4.90 Å². The van der Waals surface area contributed by atoms with E-state index in [1.54, 1.807) is 0 Å². The van der Waals surface area contributed by atoms with Gasteiger partial charge >= 0.3 is 0 Å². The number of aromatic nitrogens is 4. The number of carbonyl (C=O) groups excluding carboxylic acids is 2. The van der Waals surface area contributed by atoms with Gasteiger partial charge in [-0.1, -0.05) is 43.2 Å². The summed E-state index contributed by atoms with van der Waals surface area (Å²) < 4.78 is 1.16. The van der Waals surface area contributed by atoms with Crippen LogP contribution in [0.5, 0.6) is 0 Å². The Morgan fingerprint density at radius 1 is 0.926 bits per heavy atom. The van der Waals surface area contributed by atoms with E-state index in [2.05, 4.69) is 15.1 Å². The molecular formula is C19H17N5O3. The van der Waals surface area contributed by atoms with Gasteiger partial charge in [0.15, 0.2) is 0 Å². The van der Waals surface area contributed by atoms with Crippen molar-refractivity contribution >= 4 is 23.5 Å². The molecule has 0 spiro atoms. The number of hydrogen-bond acceptors (Lipinski definition) is 5. The fourth-order valence-corrected chi connectivity index (χ4v) is 4.10. The lowest BCUT2D eigenvalue weighted by Gasteiger charge is -2.19. The largest absolute Gasteiger partial charge is 0.274 e. The quantitative estimate of drug-likeness (QED) is 0.699. The molecule has 5 rings (SSSR count). The molecule has 1 saturated heterocycles. The van der Waals surface area contributed by atoms with Crippen molar-refractivity contribution in [3.05, 3.63) is 46.8 Å². The molecule has 27 heavy (non-hydrogen) atoms. The Balaban J connectivity index is 1.59. The van der Waals surface area contributed by atoms with E-state index in [0.717, 1.165) is 40.7 Å². The second-order valence-corrected chi connectivity index (χ2v) is 7.04. The minimum absolute atomic E-state index is 0.0641. The summed E-state index contributed by atoms with van der Waals surface area (Å²) in [5.41, 5.74) is 0.932. The number of imide groups is 1. The molecule has 3 heterocycles. The monoisotopic (exact) mass is 363 g/mol.